The lowest BCUT2D eigenvalue weighted by Gasteiger charge is -2.05. The quantitative estimate of drug-likeness (QED) is 0.0416. The molecule has 0 spiro atoms. The Labute approximate surface area is 625 Å². The molecule has 0 aliphatic heterocycles. The highest BCUT2D eigenvalue weighted by atomic mass is 32.1. The summed E-state index contributed by atoms with van der Waals surface area (Å²) in [5.41, 5.74) is 9.17. The van der Waals surface area contributed by atoms with Gasteiger partial charge in [-0.2, -0.15) is 4.98 Å². The lowest BCUT2D eigenvalue weighted by atomic mass is 10.1. The van der Waals surface area contributed by atoms with Crippen LogP contribution in [0.5, 0.6) is 23.0 Å². The van der Waals surface area contributed by atoms with Gasteiger partial charge in [-0.3, -0.25) is 45.2 Å². The van der Waals surface area contributed by atoms with Crippen LogP contribution in [0.4, 0.5) is 25.7 Å². The molecule has 15 rings (SSSR count). The third-order valence-electron chi connectivity index (χ3n) is 14.0. The summed E-state index contributed by atoms with van der Waals surface area (Å²) in [6.07, 6.45) is 4.67. The van der Waals surface area contributed by atoms with Crippen molar-refractivity contribution in [1.29, 1.82) is 0 Å². The van der Waals surface area contributed by atoms with E-state index in [1.807, 2.05) is 149 Å². The van der Waals surface area contributed by atoms with E-state index >= 15 is 0 Å². The van der Waals surface area contributed by atoms with E-state index in [1.54, 1.807) is 83.7 Å². The SMILES string of the molecule is COc1ccc(-c2csc(NC(=O)Cn3c(=S)nc4ccccn43)n2)cc1.COc1ccc(-c2csc(NC(=O)c3cccs3)n2)cc1.Cc1csc(NC(=O)c2nccs2)n1.Cc1ncoc1C(=O)Nc1nc(-c2ccccc2)cs1.O=C(Nc1nc(-c2ccc(O)cc2O)cs1)c1ccccc1. The van der Waals surface area contributed by atoms with Crippen LogP contribution in [0, 0.1) is 18.6 Å². The number of amides is 5. The number of carbonyl (C=O) groups is 5. The van der Waals surface area contributed by atoms with Crippen LogP contribution in [0.3, 0.4) is 0 Å². The summed E-state index contributed by atoms with van der Waals surface area (Å²) in [5, 5.41) is 49.0. The zero-order valence-electron chi connectivity index (χ0n) is 54.9. The number of benzene rings is 5. The Balaban J connectivity index is 0.000000132. The molecule has 0 atom stereocenters. The number of methoxy groups -OCH3 is 2. The van der Waals surface area contributed by atoms with E-state index in [4.69, 9.17) is 26.1 Å². The number of nitrogens with one attached hydrogen (secondary N) is 5. The fraction of sp³-hybridized carbons (Fsp3) is 0.0704. The molecule has 10 heterocycles. The zero-order valence-corrected chi connectivity index (χ0v) is 61.4. The van der Waals surface area contributed by atoms with Crippen LogP contribution < -0.4 is 36.1 Å². The van der Waals surface area contributed by atoms with Crippen molar-refractivity contribution in [2.24, 2.45) is 0 Å². The Bertz CT molecular complexity index is 5400. The highest BCUT2D eigenvalue weighted by molar-refractivity contribution is 7.71. The smallest absolute Gasteiger partial charge is 0.295 e. The number of nitrogens with zero attached hydrogens (tertiary/aromatic N) is 10. The first-order chi connectivity index (χ1) is 50.5. The van der Waals surface area contributed by atoms with Gasteiger partial charge in [0.05, 0.1) is 53.3 Å². The van der Waals surface area contributed by atoms with Gasteiger partial charge in [0.2, 0.25) is 16.4 Å². The van der Waals surface area contributed by atoms with E-state index in [0.29, 0.717) is 68.5 Å². The average Bonchev–Trinajstić information content (AvgIpc) is 1.66. The fourth-order valence-electron chi connectivity index (χ4n) is 9.02. The molecule has 5 amide bonds. The number of hydrogen-bond donors (Lipinski definition) is 7. The van der Waals surface area contributed by atoms with Crippen LogP contribution in [0.15, 0.2) is 219 Å². The number of ether oxygens (including phenoxy) is 2. The van der Waals surface area contributed by atoms with Crippen LogP contribution in [0.1, 0.15) is 51.8 Å². The van der Waals surface area contributed by atoms with Crippen LogP contribution >= 0.6 is 91.6 Å². The number of aryl methyl sites for hydroxylation is 2. The van der Waals surface area contributed by atoms with Crippen molar-refractivity contribution < 1.29 is 48.1 Å². The third kappa shape index (κ3) is 20.0. The summed E-state index contributed by atoms with van der Waals surface area (Å²) < 4.78 is 19.1. The number of thiazole rings is 6. The zero-order chi connectivity index (χ0) is 72.9. The molecular weight excluding hydrogens is 1480 g/mol. The van der Waals surface area contributed by atoms with Gasteiger partial charge in [-0.25, -0.2) is 44.1 Å². The standard InChI is InChI=1S/C18H15N5O2S2.C16H12N2O3S.C15H12N2O2S2.C14H11N3O2S.C8H7N3OS2/c1-25-13-7-5-12(6-8-13)14-11-27-17(19-14)21-16(24)10-23-18(26)20-15-4-2-3-9-22(15)23;19-11-6-7-12(14(20)8-11)13-9-22-16(17-13)18-15(21)10-4-2-1-3-5-10;1-19-11-6-4-10(5-7-11)12-9-21-15(16-12)17-14(18)13-3-2-8-20-13;1-9-12(19-8-15-9)13(18)17-14-16-11(7-20-14)10-5-3-2-4-6-10;1-5-4-14-8(10-5)11-6(12)7-9-2-3-13-7/h2-9,11H,10H2,1H3,(H,19,21,24);1-9,19-20H,(H,17,18,21);2-9H,1H3,(H,16,17,18);2-8H,1H3,(H,16,17,18);2-4H,1H3,(H,10,11,12). The van der Waals surface area contributed by atoms with E-state index < -0.39 is 0 Å². The van der Waals surface area contributed by atoms with Crippen molar-refractivity contribution >= 4 is 152 Å². The maximum absolute atomic E-state index is 12.4. The lowest BCUT2D eigenvalue weighted by molar-refractivity contribution is -0.117. The molecule has 0 radical (unpaired) electrons. The molecule has 104 heavy (non-hydrogen) atoms. The molecule has 7 N–H and O–H groups in total. The minimum atomic E-state index is -0.339. The van der Waals surface area contributed by atoms with Gasteiger partial charge >= 0.3 is 0 Å². The number of phenolic OH excluding ortho intramolecular Hbond substituents is 2. The number of carbonyl (C=O) groups excluding carboxylic acids is 5. The summed E-state index contributed by atoms with van der Waals surface area (Å²) in [6, 6.07) is 47.4. The van der Waals surface area contributed by atoms with Crippen molar-refractivity contribution in [1.82, 2.24) is 49.1 Å². The van der Waals surface area contributed by atoms with Gasteiger partial charge in [0.1, 0.15) is 29.5 Å². The first-order valence-corrected chi connectivity index (χ1v) is 37.2. The molecule has 0 aliphatic rings. The van der Waals surface area contributed by atoms with Gasteiger partial charge in [0, 0.05) is 78.6 Å². The normalized spacial score (nSPS) is 10.5. The van der Waals surface area contributed by atoms with Crippen molar-refractivity contribution in [2.75, 3.05) is 40.8 Å². The summed E-state index contributed by atoms with van der Waals surface area (Å²) in [5.74, 6) is 0.599. The number of hydrogen-bond acceptors (Lipinski definition) is 26. The number of rotatable bonds is 17. The Morgan fingerprint density at radius 1 is 0.510 bits per heavy atom. The molecular formula is C71H57N15O10S8. The number of thiophene rings is 1. The first-order valence-electron chi connectivity index (χ1n) is 30.6. The summed E-state index contributed by atoms with van der Waals surface area (Å²) in [4.78, 5) is 94.3. The molecule has 25 nitrogen and oxygen atoms in total. The summed E-state index contributed by atoms with van der Waals surface area (Å²) in [7, 11) is 3.26. The predicted molar refractivity (Wildman–Crippen MR) is 412 cm³/mol. The van der Waals surface area contributed by atoms with Crippen LogP contribution in [0.2, 0.25) is 0 Å². The van der Waals surface area contributed by atoms with Crippen molar-refractivity contribution in [3.8, 4) is 68.0 Å². The van der Waals surface area contributed by atoms with E-state index in [1.165, 1.54) is 97.9 Å². The first kappa shape index (κ1) is 73.4. The van der Waals surface area contributed by atoms with Gasteiger partial charge in [0.15, 0.2) is 42.7 Å². The maximum atomic E-state index is 12.4. The Kier molecular flexibility index (Phi) is 25.2. The number of anilines is 5. The number of oxazole rings is 1. The Morgan fingerprint density at radius 3 is 1.60 bits per heavy atom. The van der Waals surface area contributed by atoms with E-state index in [2.05, 4.69) is 66.5 Å². The molecule has 524 valence electrons. The Hall–Kier alpha value is -11.8. The molecule has 10 aromatic heterocycles. The van der Waals surface area contributed by atoms with Crippen LogP contribution in [-0.2, 0) is 11.3 Å². The molecule has 0 fully saturated rings. The molecule has 0 saturated heterocycles. The third-order valence-corrected chi connectivity index (χ3v) is 19.9. The molecule has 5 aromatic carbocycles. The number of fused-ring (bicyclic) bond motifs is 1. The van der Waals surface area contributed by atoms with Crippen molar-refractivity contribution in [3.05, 3.63) is 252 Å². The topological polar surface area (TPSA) is 330 Å². The largest absolute Gasteiger partial charge is 0.508 e. The number of aromatic hydroxyl groups is 2. The second kappa shape index (κ2) is 35.7. The second-order valence-electron chi connectivity index (χ2n) is 21.1. The lowest BCUT2D eigenvalue weighted by Crippen LogP contribution is -2.21. The second-order valence-corrected chi connectivity index (χ2v) is 27.6. The van der Waals surface area contributed by atoms with E-state index in [0.717, 1.165) is 51.0 Å². The highest BCUT2D eigenvalue weighted by Gasteiger charge is 2.19. The minimum Gasteiger partial charge on any atom is -0.508 e. The summed E-state index contributed by atoms with van der Waals surface area (Å²) in [6.45, 7) is 3.66. The average molecular weight is 1540 g/mol. The van der Waals surface area contributed by atoms with E-state index in [9.17, 15) is 34.2 Å². The van der Waals surface area contributed by atoms with Gasteiger partial charge in [-0.1, -0.05) is 60.7 Å². The maximum Gasteiger partial charge on any atom is 0.295 e. The molecule has 0 aliphatic carbocycles. The number of aromatic nitrogens is 10. The van der Waals surface area contributed by atoms with Gasteiger partial charge < -0.3 is 29.4 Å². The van der Waals surface area contributed by atoms with E-state index in [-0.39, 0.29) is 53.3 Å². The van der Waals surface area contributed by atoms with Gasteiger partial charge in [-0.05, 0) is 122 Å². The van der Waals surface area contributed by atoms with Crippen LogP contribution in [0.25, 0.3) is 50.7 Å². The molecule has 0 bridgehead atoms. The predicted octanol–water partition coefficient (Wildman–Crippen LogP) is 16.8. The Morgan fingerprint density at radius 2 is 1.05 bits per heavy atom. The number of phenols is 2. The summed E-state index contributed by atoms with van der Waals surface area (Å²) >= 11 is 14.8. The molecule has 15 aromatic rings. The monoisotopic (exact) mass is 1540 g/mol. The minimum absolute atomic E-state index is 0.0194. The van der Waals surface area contributed by atoms with Crippen molar-refractivity contribution in [3.63, 3.8) is 0 Å². The van der Waals surface area contributed by atoms with Crippen molar-refractivity contribution in [2.45, 2.75) is 20.4 Å². The molecule has 0 saturated carbocycles. The van der Waals surface area contributed by atoms with Gasteiger partial charge in [0.25, 0.3) is 23.6 Å². The van der Waals surface area contributed by atoms with Crippen LogP contribution in [-0.4, -0.2) is 103 Å². The molecule has 33 heteroatoms. The highest BCUT2D eigenvalue weighted by Crippen LogP contribution is 2.35. The molecule has 0 unspecified atom stereocenters. The number of pyridine rings is 1. The van der Waals surface area contributed by atoms with Gasteiger partial charge in [-0.15, -0.1) is 79.4 Å². The fourth-order valence-corrected chi connectivity index (χ4v) is 14.0.